The number of para-hydroxylation sites is 1. The number of nitrogens with zero attached hydrogens (tertiary/aromatic N) is 2. The zero-order chi connectivity index (χ0) is 23.6. The van der Waals surface area contributed by atoms with Crippen molar-refractivity contribution in [3.63, 3.8) is 0 Å². The number of anilines is 1. The first-order valence-electron chi connectivity index (χ1n) is 10.1. The Kier molecular flexibility index (Phi) is 6.13. The van der Waals surface area contributed by atoms with E-state index in [-0.39, 0.29) is 17.7 Å². The van der Waals surface area contributed by atoms with E-state index in [9.17, 15) is 19.7 Å². The van der Waals surface area contributed by atoms with Gasteiger partial charge in [-0.25, -0.2) is 14.7 Å². The minimum atomic E-state index is -1.88. The summed E-state index contributed by atoms with van der Waals surface area (Å²) in [6, 6.07) is 20.7. The molecule has 0 aromatic heterocycles. The van der Waals surface area contributed by atoms with Crippen molar-refractivity contribution >= 4 is 34.7 Å². The molecule has 1 fully saturated rings. The lowest BCUT2D eigenvalue weighted by Gasteiger charge is -2.27. The number of halogens is 1. The molecule has 33 heavy (non-hydrogen) atoms. The quantitative estimate of drug-likeness (QED) is 0.277. The van der Waals surface area contributed by atoms with Crippen molar-refractivity contribution in [2.75, 3.05) is 5.06 Å². The molecule has 0 unspecified atom stereocenters. The highest BCUT2D eigenvalue weighted by Gasteiger charge is 2.53. The fourth-order valence-electron chi connectivity index (χ4n) is 3.61. The van der Waals surface area contributed by atoms with E-state index >= 15 is 0 Å². The third kappa shape index (κ3) is 4.57. The molecule has 0 spiro atoms. The molecule has 168 valence electrons. The molecule has 0 amide bonds. The Morgan fingerprint density at radius 1 is 1.06 bits per heavy atom. The molecule has 1 aliphatic rings. The average Bonchev–Trinajstić information content (AvgIpc) is 3.21. The van der Waals surface area contributed by atoms with Gasteiger partial charge >= 0.3 is 5.97 Å². The SMILES string of the molecule is CC(=O)[C@]1(OC(=O)c2ccc([N+](=O)[O-])cc2)C[C@H](c2ccc(Cl)cc2)N(c2ccccc2)O1. The van der Waals surface area contributed by atoms with Gasteiger partial charge < -0.3 is 4.74 Å². The lowest BCUT2D eigenvalue weighted by atomic mass is 9.97. The van der Waals surface area contributed by atoms with E-state index in [1.165, 1.54) is 31.2 Å². The number of hydrogen-bond donors (Lipinski definition) is 0. The monoisotopic (exact) mass is 466 g/mol. The van der Waals surface area contributed by atoms with Crippen LogP contribution in [0.5, 0.6) is 0 Å². The maximum absolute atomic E-state index is 12.9. The normalized spacial score (nSPS) is 19.8. The zero-order valence-corrected chi connectivity index (χ0v) is 18.3. The van der Waals surface area contributed by atoms with Gasteiger partial charge in [0.05, 0.1) is 28.6 Å². The van der Waals surface area contributed by atoms with Gasteiger partial charge in [-0.15, -0.1) is 0 Å². The van der Waals surface area contributed by atoms with Gasteiger partial charge in [-0.2, -0.15) is 0 Å². The Morgan fingerprint density at radius 2 is 1.70 bits per heavy atom. The predicted molar refractivity (Wildman–Crippen MR) is 121 cm³/mol. The minimum Gasteiger partial charge on any atom is -0.419 e. The molecule has 0 bridgehead atoms. The Balaban J connectivity index is 1.68. The first kappa shape index (κ1) is 22.4. The van der Waals surface area contributed by atoms with E-state index in [0.29, 0.717) is 10.7 Å². The van der Waals surface area contributed by atoms with Crippen LogP contribution in [0.3, 0.4) is 0 Å². The van der Waals surface area contributed by atoms with Crippen LogP contribution in [0.2, 0.25) is 5.02 Å². The van der Waals surface area contributed by atoms with Crippen molar-refractivity contribution < 1.29 is 24.1 Å². The number of ether oxygens (including phenoxy) is 1. The standard InChI is InChI=1S/C24H19ClN2O6/c1-16(28)24(32-23(29)18-9-13-21(14-10-18)27(30)31)15-22(17-7-11-19(25)12-8-17)26(33-24)20-5-3-2-4-6-20/h2-14,22H,15H2,1H3/t22-,24+/m1/s1. The fraction of sp³-hybridized carbons (Fsp3) is 0.167. The molecule has 0 radical (unpaired) electrons. The van der Waals surface area contributed by atoms with Crippen LogP contribution in [-0.4, -0.2) is 22.5 Å². The molecule has 1 aliphatic heterocycles. The van der Waals surface area contributed by atoms with Crippen LogP contribution >= 0.6 is 11.6 Å². The summed E-state index contributed by atoms with van der Waals surface area (Å²) in [5.74, 6) is -3.20. The highest BCUT2D eigenvalue weighted by atomic mass is 35.5. The second kappa shape index (κ2) is 9.01. The third-order valence-corrected chi connectivity index (χ3v) is 5.62. The summed E-state index contributed by atoms with van der Waals surface area (Å²) >= 11 is 6.04. The summed E-state index contributed by atoms with van der Waals surface area (Å²) in [6.07, 6.45) is 0.0393. The molecular weight excluding hydrogens is 448 g/mol. The molecule has 3 aromatic rings. The van der Waals surface area contributed by atoms with Gasteiger partial charge in [0.15, 0.2) is 0 Å². The number of hydroxylamine groups is 1. The lowest BCUT2D eigenvalue weighted by Crippen LogP contribution is -2.43. The van der Waals surface area contributed by atoms with Gasteiger partial charge in [-0.05, 0) is 42.0 Å². The maximum atomic E-state index is 12.9. The van der Waals surface area contributed by atoms with Gasteiger partial charge in [-0.1, -0.05) is 41.9 Å². The Hall–Kier alpha value is -3.75. The van der Waals surface area contributed by atoms with Crippen molar-refractivity contribution in [3.05, 3.63) is 105 Å². The van der Waals surface area contributed by atoms with Gasteiger partial charge in [0, 0.05) is 24.1 Å². The molecule has 3 aromatic carbocycles. The van der Waals surface area contributed by atoms with Crippen LogP contribution in [-0.2, 0) is 14.4 Å². The van der Waals surface area contributed by atoms with Crippen LogP contribution in [0, 0.1) is 10.1 Å². The van der Waals surface area contributed by atoms with E-state index < -0.39 is 28.5 Å². The van der Waals surface area contributed by atoms with Crippen molar-refractivity contribution in [3.8, 4) is 0 Å². The first-order valence-corrected chi connectivity index (χ1v) is 10.4. The van der Waals surface area contributed by atoms with Gasteiger partial charge in [0.2, 0.25) is 5.78 Å². The molecule has 4 rings (SSSR count). The number of rotatable bonds is 6. The van der Waals surface area contributed by atoms with Gasteiger partial charge in [0.1, 0.15) is 0 Å². The highest BCUT2D eigenvalue weighted by molar-refractivity contribution is 6.30. The number of carbonyl (C=O) groups is 2. The van der Waals surface area contributed by atoms with Crippen LogP contribution in [0.15, 0.2) is 78.9 Å². The number of hydrogen-bond acceptors (Lipinski definition) is 7. The van der Waals surface area contributed by atoms with Crippen LogP contribution in [0.25, 0.3) is 0 Å². The molecule has 2 atom stereocenters. The number of ketones is 1. The largest absolute Gasteiger partial charge is 0.419 e. The van der Waals surface area contributed by atoms with Crippen LogP contribution in [0.4, 0.5) is 11.4 Å². The average molecular weight is 467 g/mol. The summed E-state index contributed by atoms with van der Waals surface area (Å²) in [4.78, 5) is 42.0. The van der Waals surface area contributed by atoms with E-state index in [4.69, 9.17) is 21.2 Å². The van der Waals surface area contributed by atoms with E-state index in [1.807, 2.05) is 42.5 Å². The number of esters is 1. The summed E-state index contributed by atoms with van der Waals surface area (Å²) in [5, 5.41) is 13.0. The second-order valence-corrected chi connectivity index (χ2v) is 7.96. The zero-order valence-electron chi connectivity index (χ0n) is 17.5. The molecule has 1 saturated heterocycles. The number of carbonyl (C=O) groups excluding carboxylic acids is 2. The van der Waals surface area contributed by atoms with E-state index in [0.717, 1.165) is 5.56 Å². The molecule has 0 saturated carbocycles. The molecule has 1 heterocycles. The highest BCUT2D eigenvalue weighted by Crippen LogP contribution is 2.45. The Morgan fingerprint density at radius 3 is 2.27 bits per heavy atom. The summed E-state index contributed by atoms with van der Waals surface area (Å²) in [6.45, 7) is 1.29. The number of Topliss-reactive ketones (excluding diaryl/α,β-unsaturated/α-hetero) is 1. The van der Waals surface area contributed by atoms with Crippen molar-refractivity contribution in [2.24, 2.45) is 0 Å². The molecule has 0 N–H and O–H groups in total. The van der Waals surface area contributed by atoms with Crippen molar-refractivity contribution in [1.82, 2.24) is 0 Å². The van der Waals surface area contributed by atoms with Crippen LogP contribution in [0.1, 0.15) is 35.3 Å². The topological polar surface area (TPSA) is 99.0 Å². The number of nitro benzene ring substituents is 1. The van der Waals surface area contributed by atoms with Crippen molar-refractivity contribution in [2.45, 2.75) is 25.2 Å². The first-order chi connectivity index (χ1) is 15.8. The fourth-order valence-corrected chi connectivity index (χ4v) is 3.74. The van der Waals surface area contributed by atoms with Crippen molar-refractivity contribution in [1.29, 1.82) is 0 Å². The summed E-state index contributed by atoms with van der Waals surface area (Å²) in [7, 11) is 0. The predicted octanol–water partition coefficient (Wildman–Crippen LogP) is 5.27. The van der Waals surface area contributed by atoms with Gasteiger partial charge in [-0.3, -0.25) is 14.9 Å². The van der Waals surface area contributed by atoms with E-state index in [1.54, 1.807) is 17.2 Å². The summed E-state index contributed by atoms with van der Waals surface area (Å²) in [5.41, 5.74) is 1.39. The maximum Gasteiger partial charge on any atom is 0.341 e. The molecule has 8 nitrogen and oxygen atoms in total. The second-order valence-electron chi connectivity index (χ2n) is 7.53. The smallest absolute Gasteiger partial charge is 0.341 e. The number of non-ortho nitro benzene ring substituents is 1. The minimum absolute atomic E-state index is 0.0393. The van der Waals surface area contributed by atoms with Crippen LogP contribution < -0.4 is 5.06 Å². The molecule has 0 aliphatic carbocycles. The lowest BCUT2D eigenvalue weighted by molar-refractivity contribution is -0.384. The van der Waals surface area contributed by atoms with E-state index in [2.05, 4.69) is 0 Å². The molecular formula is C24H19ClN2O6. The number of nitro groups is 1. The number of benzene rings is 3. The summed E-state index contributed by atoms with van der Waals surface area (Å²) < 4.78 is 5.63. The Bertz CT molecular complexity index is 1180. The Labute approximate surface area is 194 Å². The van der Waals surface area contributed by atoms with Gasteiger partial charge in [0.25, 0.3) is 11.5 Å². The third-order valence-electron chi connectivity index (χ3n) is 5.36. The molecule has 9 heteroatoms.